The molecule has 18 heavy (non-hydrogen) atoms. The number of carbonyl (C=O) groups is 1. The van der Waals surface area contributed by atoms with Crippen LogP contribution >= 0.6 is 0 Å². The van der Waals surface area contributed by atoms with Gasteiger partial charge in [0.2, 0.25) is 0 Å². The second kappa shape index (κ2) is 5.00. The van der Waals surface area contributed by atoms with E-state index >= 15 is 0 Å². The minimum atomic E-state index is -0.0286. The van der Waals surface area contributed by atoms with Crippen LogP contribution in [0.1, 0.15) is 44.1 Å². The van der Waals surface area contributed by atoms with Crippen molar-refractivity contribution in [1.82, 2.24) is 14.7 Å². The predicted molar refractivity (Wildman–Crippen MR) is 71.2 cm³/mol. The molecule has 0 saturated carbocycles. The number of likely N-dealkylation sites (tertiary alicyclic amines) is 1. The molecule has 1 aromatic heterocycles. The van der Waals surface area contributed by atoms with Crippen LogP contribution in [-0.2, 0) is 6.54 Å². The van der Waals surface area contributed by atoms with Crippen molar-refractivity contribution in [3.63, 3.8) is 0 Å². The number of anilines is 1. The molecule has 0 aliphatic carbocycles. The minimum absolute atomic E-state index is 0.0286. The van der Waals surface area contributed by atoms with E-state index in [-0.39, 0.29) is 11.9 Å². The van der Waals surface area contributed by atoms with Crippen LogP contribution in [-0.4, -0.2) is 33.2 Å². The first-order chi connectivity index (χ1) is 8.52. The van der Waals surface area contributed by atoms with Crippen LogP contribution in [0.5, 0.6) is 0 Å². The van der Waals surface area contributed by atoms with Crippen LogP contribution in [0, 0.1) is 5.92 Å². The molecular formula is C13H22N4O. The van der Waals surface area contributed by atoms with Crippen LogP contribution in [0.2, 0.25) is 0 Å². The lowest BCUT2D eigenvalue weighted by Gasteiger charge is -2.36. The lowest BCUT2D eigenvalue weighted by Crippen LogP contribution is -2.44. The van der Waals surface area contributed by atoms with Gasteiger partial charge in [-0.1, -0.05) is 6.92 Å². The lowest BCUT2D eigenvalue weighted by atomic mass is 9.93. The number of aromatic nitrogens is 2. The molecule has 0 radical (unpaired) electrons. The van der Waals surface area contributed by atoms with Gasteiger partial charge in [-0.2, -0.15) is 5.10 Å². The van der Waals surface area contributed by atoms with E-state index in [2.05, 4.69) is 18.9 Å². The van der Waals surface area contributed by atoms with Gasteiger partial charge in [0.15, 0.2) is 5.69 Å². The number of nitrogen functional groups attached to an aromatic ring is 1. The maximum Gasteiger partial charge on any atom is 0.276 e. The number of aryl methyl sites for hydroxylation is 1. The van der Waals surface area contributed by atoms with Crippen molar-refractivity contribution in [3.8, 4) is 0 Å². The Morgan fingerprint density at radius 2 is 2.28 bits per heavy atom. The van der Waals surface area contributed by atoms with Crippen LogP contribution in [0.25, 0.3) is 0 Å². The van der Waals surface area contributed by atoms with E-state index in [9.17, 15) is 4.79 Å². The van der Waals surface area contributed by atoms with Gasteiger partial charge in [0.05, 0.1) is 5.69 Å². The number of hydrogen-bond acceptors (Lipinski definition) is 3. The predicted octanol–water partition coefficient (Wildman–Crippen LogP) is 1.75. The molecule has 2 rings (SSSR count). The quantitative estimate of drug-likeness (QED) is 0.869. The van der Waals surface area contributed by atoms with E-state index in [1.165, 1.54) is 0 Å². The highest BCUT2D eigenvalue weighted by Gasteiger charge is 2.29. The smallest absolute Gasteiger partial charge is 0.276 e. The molecule has 2 atom stereocenters. The average molecular weight is 250 g/mol. The summed E-state index contributed by atoms with van der Waals surface area (Å²) in [6, 6.07) is 0.271. The molecule has 2 unspecified atom stereocenters. The Balaban J connectivity index is 2.17. The summed E-state index contributed by atoms with van der Waals surface area (Å²) in [6.07, 6.45) is 3.84. The molecule has 1 amide bonds. The first-order valence-corrected chi connectivity index (χ1v) is 6.66. The summed E-state index contributed by atoms with van der Waals surface area (Å²) in [5.41, 5.74) is 6.75. The van der Waals surface area contributed by atoms with Gasteiger partial charge in [-0.05, 0) is 32.6 Å². The molecule has 0 aromatic carbocycles. The standard InChI is InChI=1S/C13H22N4O/c1-4-16-8-11(14)12(15-16)13(18)17-6-5-9(2)7-10(17)3/h8-10H,4-7,14H2,1-3H3. The number of amides is 1. The second-order valence-corrected chi connectivity index (χ2v) is 5.27. The third kappa shape index (κ3) is 2.35. The molecule has 5 nitrogen and oxygen atoms in total. The molecule has 0 spiro atoms. The Kier molecular flexibility index (Phi) is 3.59. The zero-order chi connectivity index (χ0) is 13.3. The highest BCUT2D eigenvalue weighted by atomic mass is 16.2. The van der Waals surface area contributed by atoms with Crippen molar-refractivity contribution < 1.29 is 4.79 Å². The number of piperidine rings is 1. The summed E-state index contributed by atoms with van der Waals surface area (Å²) in [6.45, 7) is 7.84. The minimum Gasteiger partial charge on any atom is -0.396 e. The van der Waals surface area contributed by atoms with Gasteiger partial charge in [-0.3, -0.25) is 9.48 Å². The van der Waals surface area contributed by atoms with E-state index in [0.717, 1.165) is 25.9 Å². The number of rotatable bonds is 2. The zero-order valence-electron chi connectivity index (χ0n) is 11.4. The molecule has 5 heteroatoms. The van der Waals surface area contributed by atoms with Crippen LogP contribution in [0.4, 0.5) is 5.69 Å². The van der Waals surface area contributed by atoms with Gasteiger partial charge < -0.3 is 10.6 Å². The van der Waals surface area contributed by atoms with Gasteiger partial charge in [0.1, 0.15) is 0 Å². The summed E-state index contributed by atoms with van der Waals surface area (Å²) in [5.74, 6) is 0.661. The third-order valence-electron chi connectivity index (χ3n) is 3.72. The Morgan fingerprint density at radius 3 is 2.83 bits per heavy atom. The monoisotopic (exact) mass is 250 g/mol. The molecule has 1 aromatic rings. The lowest BCUT2D eigenvalue weighted by molar-refractivity contribution is 0.0582. The molecule has 2 N–H and O–H groups in total. The Morgan fingerprint density at radius 1 is 1.56 bits per heavy atom. The van der Waals surface area contributed by atoms with Gasteiger partial charge in [-0.25, -0.2) is 0 Å². The number of nitrogens with zero attached hydrogens (tertiary/aromatic N) is 3. The molecule has 1 aliphatic heterocycles. The largest absolute Gasteiger partial charge is 0.396 e. The zero-order valence-corrected chi connectivity index (χ0v) is 11.4. The van der Waals surface area contributed by atoms with E-state index in [1.807, 2.05) is 11.8 Å². The first kappa shape index (κ1) is 12.9. The van der Waals surface area contributed by atoms with E-state index in [4.69, 9.17) is 5.73 Å². The average Bonchev–Trinajstić information content (AvgIpc) is 2.70. The summed E-state index contributed by atoms with van der Waals surface area (Å²) in [5, 5.41) is 4.26. The van der Waals surface area contributed by atoms with Crippen molar-refractivity contribution in [2.45, 2.75) is 46.2 Å². The fourth-order valence-corrected chi connectivity index (χ4v) is 2.61. The maximum absolute atomic E-state index is 12.4. The number of nitrogens with two attached hydrogens (primary N) is 1. The molecule has 1 saturated heterocycles. The van der Waals surface area contributed by atoms with Crippen LogP contribution in [0.15, 0.2) is 6.20 Å². The van der Waals surface area contributed by atoms with Gasteiger partial charge in [0.25, 0.3) is 5.91 Å². The Labute approximate surface area is 108 Å². The highest BCUT2D eigenvalue weighted by Crippen LogP contribution is 2.24. The maximum atomic E-state index is 12.4. The third-order valence-corrected chi connectivity index (χ3v) is 3.72. The summed E-state index contributed by atoms with van der Waals surface area (Å²) >= 11 is 0. The molecule has 0 bridgehead atoms. The molecule has 1 aliphatic rings. The van der Waals surface area contributed by atoms with Crippen molar-refractivity contribution >= 4 is 11.6 Å². The fraction of sp³-hybridized carbons (Fsp3) is 0.692. The van der Waals surface area contributed by atoms with Crippen LogP contribution < -0.4 is 5.73 Å². The SMILES string of the molecule is CCn1cc(N)c(C(=O)N2CCC(C)CC2C)n1. The highest BCUT2D eigenvalue weighted by molar-refractivity contribution is 5.97. The van der Waals surface area contributed by atoms with Gasteiger partial charge >= 0.3 is 0 Å². The normalized spacial score (nSPS) is 24.3. The second-order valence-electron chi connectivity index (χ2n) is 5.27. The Hall–Kier alpha value is -1.52. The number of hydrogen-bond donors (Lipinski definition) is 1. The van der Waals surface area contributed by atoms with Gasteiger partial charge in [-0.15, -0.1) is 0 Å². The summed E-state index contributed by atoms with van der Waals surface area (Å²) in [4.78, 5) is 14.3. The van der Waals surface area contributed by atoms with Crippen molar-refractivity contribution in [2.75, 3.05) is 12.3 Å². The van der Waals surface area contributed by atoms with Crippen molar-refractivity contribution in [2.24, 2.45) is 5.92 Å². The molecular weight excluding hydrogens is 228 g/mol. The van der Waals surface area contributed by atoms with E-state index in [1.54, 1.807) is 10.9 Å². The van der Waals surface area contributed by atoms with E-state index < -0.39 is 0 Å². The van der Waals surface area contributed by atoms with Crippen molar-refractivity contribution in [3.05, 3.63) is 11.9 Å². The fourth-order valence-electron chi connectivity index (χ4n) is 2.61. The number of carbonyl (C=O) groups excluding carboxylic acids is 1. The first-order valence-electron chi connectivity index (χ1n) is 6.66. The van der Waals surface area contributed by atoms with Crippen molar-refractivity contribution in [1.29, 1.82) is 0 Å². The molecule has 1 fully saturated rings. The van der Waals surface area contributed by atoms with E-state index in [0.29, 0.717) is 17.3 Å². The Bertz CT molecular complexity index is 440. The topological polar surface area (TPSA) is 64.2 Å². The summed E-state index contributed by atoms with van der Waals surface area (Å²) in [7, 11) is 0. The van der Waals surface area contributed by atoms with Crippen LogP contribution in [0.3, 0.4) is 0 Å². The molecule has 2 heterocycles. The molecule has 100 valence electrons. The summed E-state index contributed by atoms with van der Waals surface area (Å²) < 4.78 is 1.71. The van der Waals surface area contributed by atoms with Gasteiger partial charge in [0, 0.05) is 25.3 Å².